The molecule has 0 amide bonds. The zero-order valence-electron chi connectivity index (χ0n) is 18.7. The molecule has 0 saturated heterocycles. The number of benzene rings is 2. The smallest absolute Gasteiger partial charge is 0.282 e. The van der Waals surface area contributed by atoms with E-state index < -0.39 is 0 Å². The van der Waals surface area contributed by atoms with Gasteiger partial charge in [0.1, 0.15) is 5.82 Å². The van der Waals surface area contributed by atoms with Crippen LogP contribution in [0.2, 0.25) is 0 Å². The minimum absolute atomic E-state index is 0.0324. The fourth-order valence-electron chi connectivity index (χ4n) is 3.21. The molecule has 0 fully saturated rings. The first-order chi connectivity index (χ1) is 15.3. The lowest BCUT2D eigenvalue weighted by Gasteiger charge is -2.16. The minimum Gasteiger partial charge on any atom is -0.490 e. The van der Waals surface area contributed by atoms with Gasteiger partial charge in [-0.1, -0.05) is 29.3 Å². The third-order valence-electron chi connectivity index (χ3n) is 4.64. The summed E-state index contributed by atoms with van der Waals surface area (Å²) in [5, 5.41) is 5.07. The van der Waals surface area contributed by atoms with Crippen LogP contribution in [0.3, 0.4) is 0 Å². The predicted octanol–water partition coefficient (Wildman–Crippen LogP) is 6.17. The van der Waals surface area contributed by atoms with Crippen LogP contribution in [0.5, 0.6) is 11.5 Å². The highest BCUT2D eigenvalue weighted by Gasteiger charge is 2.14. The minimum atomic E-state index is -0.182. The number of aromatic nitrogens is 2. The molecule has 0 aliphatic rings. The molecule has 8 heteroatoms. The first-order valence-electron chi connectivity index (χ1n) is 10.7. The average molecular weight is 612 g/mol. The standard InChI is InChI=1S/C24H27BrIN3O3/c1-5-7-8-22-28-20-10-9-17(25)13-18(20)24(30)29(22)27-14-16-11-19(26)23(32-15(3)4)21(12-16)31-6-2/h9-15H,5-8H2,1-4H3. The molecule has 0 radical (unpaired) electrons. The second-order valence-corrected chi connectivity index (χ2v) is 9.66. The van der Waals surface area contributed by atoms with Gasteiger partial charge < -0.3 is 9.47 Å². The number of ether oxygens (including phenoxy) is 2. The van der Waals surface area contributed by atoms with Crippen molar-refractivity contribution >= 4 is 55.6 Å². The summed E-state index contributed by atoms with van der Waals surface area (Å²) in [6.45, 7) is 8.54. The maximum Gasteiger partial charge on any atom is 0.282 e. The van der Waals surface area contributed by atoms with Crippen LogP contribution < -0.4 is 15.0 Å². The Bertz CT molecular complexity index is 1190. The Morgan fingerprint density at radius 2 is 2.03 bits per heavy atom. The van der Waals surface area contributed by atoms with Crippen molar-refractivity contribution in [3.05, 3.63) is 60.1 Å². The molecule has 0 spiro atoms. The zero-order valence-corrected chi connectivity index (χ0v) is 22.4. The van der Waals surface area contributed by atoms with E-state index in [4.69, 9.17) is 14.5 Å². The van der Waals surface area contributed by atoms with Gasteiger partial charge >= 0.3 is 0 Å². The fraction of sp³-hybridized carbons (Fsp3) is 0.375. The molecule has 6 nitrogen and oxygen atoms in total. The maximum absolute atomic E-state index is 13.2. The zero-order chi connectivity index (χ0) is 23.3. The van der Waals surface area contributed by atoms with E-state index in [2.05, 4.69) is 50.5 Å². The summed E-state index contributed by atoms with van der Waals surface area (Å²) in [5.41, 5.74) is 1.31. The van der Waals surface area contributed by atoms with E-state index in [1.165, 1.54) is 4.68 Å². The summed E-state index contributed by atoms with van der Waals surface area (Å²) >= 11 is 5.67. The Morgan fingerprint density at radius 1 is 1.25 bits per heavy atom. The molecule has 0 saturated carbocycles. The van der Waals surface area contributed by atoms with Crippen molar-refractivity contribution in [1.29, 1.82) is 0 Å². The van der Waals surface area contributed by atoms with Gasteiger partial charge in [0.15, 0.2) is 11.5 Å². The molecule has 0 unspecified atom stereocenters. The molecular formula is C24H27BrIN3O3. The van der Waals surface area contributed by atoms with E-state index in [1.54, 1.807) is 12.3 Å². The molecule has 1 heterocycles. The van der Waals surface area contributed by atoms with Crippen LogP contribution in [-0.2, 0) is 6.42 Å². The van der Waals surface area contributed by atoms with E-state index in [0.717, 1.165) is 32.2 Å². The molecular weight excluding hydrogens is 585 g/mol. The third kappa shape index (κ3) is 5.89. The lowest BCUT2D eigenvalue weighted by molar-refractivity contribution is 0.222. The lowest BCUT2D eigenvalue weighted by atomic mass is 10.2. The van der Waals surface area contributed by atoms with Gasteiger partial charge in [-0.3, -0.25) is 4.79 Å². The molecule has 32 heavy (non-hydrogen) atoms. The Morgan fingerprint density at radius 3 is 2.72 bits per heavy atom. The van der Waals surface area contributed by atoms with Crippen LogP contribution >= 0.6 is 38.5 Å². The third-order valence-corrected chi connectivity index (χ3v) is 5.93. The monoisotopic (exact) mass is 611 g/mol. The van der Waals surface area contributed by atoms with Crippen molar-refractivity contribution in [3.8, 4) is 11.5 Å². The van der Waals surface area contributed by atoms with Crippen molar-refractivity contribution in [2.45, 2.75) is 53.1 Å². The largest absolute Gasteiger partial charge is 0.490 e. The molecule has 1 aromatic heterocycles. The molecule has 0 aliphatic heterocycles. The number of unbranched alkanes of at least 4 members (excludes halogenated alkanes) is 1. The number of halogens is 2. The molecule has 3 aromatic rings. The molecule has 3 rings (SSSR count). The Hall–Kier alpha value is -1.94. The molecule has 0 atom stereocenters. The maximum atomic E-state index is 13.2. The lowest BCUT2D eigenvalue weighted by Crippen LogP contribution is -2.22. The quantitative estimate of drug-likeness (QED) is 0.214. The second-order valence-electron chi connectivity index (χ2n) is 7.58. The highest BCUT2D eigenvalue weighted by atomic mass is 127. The first-order valence-corrected chi connectivity index (χ1v) is 12.6. The van der Waals surface area contributed by atoms with Crippen molar-refractivity contribution in [1.82, 2.24) is 9.66 Å². The Kier molecular flexibility index (Phi) is 8.70. The summed E-state index contributed by atoms with van der Waals surface area (Å²) in [7, 11) is 0. The second kappa shape index (κ2) is 11.3. The van der Waals surface area contributed by atoms with Crippen LogP contribution in [-0.4, -0.2) is 28.6 Å². The van der Waals surface area contributed by atoms with Crippen LogP contribution in [0.15, 0.2) is 44.7 Å². The van der Waals surface area contributed by atoms with Gasteiger partial charge in [-0.05, 0) is 85.7 Å². The summed E-state index contributed by atoms with van der Waals surface area (Å²) < 4.78 is 14.9. The SMILES string of the molecule is CCCCc1nc2ccc(Br)cc2c(=O)n1N=Cc1cc(I)c(OC(C)C)c(OCC)c1. The number of hydrogen-bond acceptors (Lipinski definition) is 5. The van der Waals surface area contributed by atoms with E-state index >= 15 is 0 Å². The number of nitrogens with zero attached hydrogens (tertiary/aromatic N) is 3. The topological polar surface area (TPSA) is 65.7 Å². The van der Waals surface area contributed by atoms with Gasteiger partial charge in [0.05, 0.1) is 33.4 Å². The molecule has 0 N–H and O–H groups in total. The Labute approximate surface area is 210 Å². The summed E-state index contributed by atoms with van der Waals surface area (Å²) in [6, 6.07) is 9.38. The van der Waals surface area contributed by atoms with Crippen molar-refractivity contribution in [2.75, 3.05) is 6.61 Å². The molecule has 0 aliphatic carbocycles. The van der Waals surface area contributed by atoms with Crippen molar-refractivity contribution < 1.29 is 9.47 Å². The van der Waals surface area contributed by atoms with E-state index in [0.29, 0.717) is 35.5 Å². The van der Waals surface area contributed by atoms with E-state index in [-0.39, 0.29) is 11.7 Å². The number of hydrogen-bond donors (Lipinski definition) is 0. The highest BCUT2D eigenvalue weighted by Crippen LogP contribution is 2.34. The van der Waals surface area contributed by atoms with E-state index in [1.807, 2.05) is 45.0 Å². The summed E-state index contributed by atoms with van der Waals surface area (Å²) in [5.74, 6) is 2.04. The Balaban J connectivity index is 2.08. The van der Waals surface area contributed by atoms with Crippen molar-refractivity contribution in [3.63, 3.8) is 0 Å². The number of aryl methyl sites for hydroxylation is 1. The van der Waals surface area contributed by atoms with E-state index in [9.17, 15) is 4.79 Å². The number of rotatable bonds is 9. The normalized spacial score (nSPS) is 11.6. The van der Waals surface area contributed by atoms with Crippen molar-refractivity contribution in [2.24, 2.45) is 5.10 Å². The number of fused-ring (bicyclic) bond motifs is 1. The fourth-order valence-corrected chi connectivity index (χ4v) is 4.32. The summed E-state index contributed by atoms with van der Waals surface area (Å²) in [6.07, 6.45) is 4.32. The van der Waals surface area contributed by atoms with Gasteiger partial charge in [0, 0.05) is 10.9 Å². The molecule has 170 valence electrons. The molecule has 0 bridgehead atoms. The van der Waals surface area contributed by atoms with Crippen LogP contribution in [0, 0.1) is 3.57 Å². The van der Waals surface area contributed by atoms with Gasteiger partial charge in [-0.15, -0.1) is 0 Å². The van der Waals surface area contributed by atoms with Gasteiger partial charge in [-0.2, -0.15) is 9.78 Å². The van der Waals surface area contributed by atoms with Crippen LogP contribution in [0.1, 0.15) is 51.9 Å². The summed E-state index contributed by atoms with van der Waals surface area (Å²) in [4.78, 5) is 18.0. The highest BCUT2D eigenvalue weighted by molar-refractivity contribution is 14.1. The van der Waals surface area contributed by atoms with Gasteiger partial charge in [0.2, 0.25) is 0 Å². The van der Waals surface area contributed by atoms with Gasteiger partial charge in [-0.25, -0.2) is 4.98 Å². The first kappa shape index (κ1) is 24.7. The van der Waals surface area contributed by atoms with Gasteiger partial charge in [0.25, 0.3) is 5.56 Å². The predicted molar refractivity (Wildman–Crippen MR) is 141 cm³/mol. The molecule has 2 aromatic carbocycles. The average Bonchev–Trinajstić information content (AvgIpc) is 2.74. The van der Waals surface area contributed by atoms with Crippen LogP contribution in [0.4, 0.5) is 0 Å². The van der Waals surface area contributed by atoms with Crippen LogP contribution in [0.25, 0.3) is 10.9 Å².